The van der Waals surface area contributed by atoms with Crippen molar-refractivity contribution in [1.29, 1.82) is 0 Å². The summed E-state index contributed by atoms with van der Waals surface area (Å²) in [6, 6.07) is 46.1. The van der Waals surface area contributed by atoms with E-state index in [-0.39, 0.29) is 0 Å². The molecule has 44 heavy (non-hydrogen) atoms. The first kappa shape index (κ1) is 25.3. The van der Waals surface area contributed by atoms with Crippen LogP contribution in [0.3, 0.4) is 0 Å². The van der Waals surface area contributed by atoms with Gasteiger partial charge >= 0.3 is 0 Å². The Morgan fingerprint density at radius 2 is 1.16 bits per heavy atom. The third-order valence-corrected chi connectivity index (χ3v) is 13.2. The van der Waals surface area contributed by atoms with E-state index in [1.807, 2.05) is 12.4 Å². The fourth-order valence-electron chi connectivity index (χ4n) is 7.52. The number of rotatable bonds is 3. The molecule has 0 saturated carbocycles. The van der Waals surface area contributed by atoms with Crippen LogP contribution in [0.2, 0.25) is 13.1 Å². The van der Waals surface area contributed by atoms with E-state index in [9.17, 15) is 0 Å². The van der Waals surface area contributed by atoms with E-state index in [2.05, 4.69) is 145 Å². The lowest BCUT2D eigenvalue weighted by molar-refractivity contribution is 0.494. The molecule has 7 aromatic carbocycles. The van der Waals surface area contributed by atoms with Crippen molar-refractivity contribution in [2.75, 3.05) is 0 Å². The van der Waals surface area contributed by atoms with Crippen molar-refractivity contribution in [3.8, 4) is 33.8 Å². The van der Waals surface area contributed by atoms with Gasteiger partial charge in [0, 0.05) is 28.6 Å². The Hall–Kier alpha value is -5.25. The van der Waals surface area contributed by atoms with Gasteiger partial charge in [-0.1, -0.05) is 116 Å². The molecule has 2 nitrogen and oxygen atoms in total. The number of hydrogen-bond acceptors (Lipinski definition) is 2. The van der Waals surface area contributed by atoms with Crippen LogP contribution in [0.1, 0.15) is 0 Å². The van der Waals surface area contributed by atoms with Crippen molar-refractivity contribution in [1.82, 2.24) is 4.98 Å². The molecule has 0 unspecified atom stereocenters. The van der Waals surface area contributed by atoms with E-state index in [0.717, 1.165) is 33.0 Å². The molecule has 0 amide bonds. The normalized spacial score (nSPS) is 13.4. The minimum atomic E-state index is -1.73. The van der Waals surface area contributed by atoms with E-state index in [0.29, 0.717) is 0 Å². The van der Waals surface area contributed by atoms with Gasteiger partial charge in [0.15, 0.2) is 0 Å². The van der Waals surface area contributed by atoms with Crippen molar-refractivity contribution in [3.05, 3.63) is 140 Å². The van der Waals surface area contributed by atoms with Crippen LogP contribution in [-0.2, 0) is 0 Å². The van der Waals surface area contributed by atoms with Crippen LogP contribution in [0.25, 0.3) is 65.3 Å². The van der Waals surface area contributed by atoms with Crippen molar-refractivity contribution < 1.29 is 4.74 Å². The molecule has 9 rings (SSSR count). The topological polar surface area (TPSA) is 22.1 Å². The Kier molecular flexibility index (Phi) is 5.38. The largest absolute Gasteiger partial charge is 0.456 e. The smallest absolute Gasteiger partial charge is 0.143 e. The van der Waals surface area contributed by atoms with Crippen molar-refractivity contribution in [2.24, 2.45) is 0 Å². The second kappa shape index (κ2) is 9.37. The highest BCUT2D eigenvalue weighted by Crippen LogP contribution is 2.47. The summed E-state index contributed by atoms with van der Waals surface area (Å²) in [7, 11) is -1.73. The molecule has 1 aromatic heterocycles. The molecule has 0 N–H and O–H groups in total. The fraction of sp³-hybridized carbons (Fsp3) is 0.0488. The first-order valence-electron chi connectivity index (χ1n) is 15.2. The first-order chi connectivity index (χ1) is 21.6. The number of ether oxygens (including phenoxy) is 1. The second-order valence-corrected chi connectivity index (χ2v) is 16.7. The Bertz CT molecular complexity index is 2400. The van der Waals surface area contributed by atoms with Crippen LogP contribution < -0.4 is 15.1 Å². The van der Waals surface area contributed by atoms with Crippen LogP contribution in [-0.4, -0.2) is 13.1 Å². The predicted octanol–water partition coefficient (Wildman–Crippen LogP) is 9.96. The molecule has 0 aliphatic carbocycles. The molecule has 0 spiro atoms. The lowest BCUT2D eigenvalue weighted by Crippen LogP contribution is -2.49. The van der Waals surface area contributed by atoms with Gasteiger partial charge in [0.1, 0.15) is 19.6 Å². The van der Waals surface area contributed by atoms with Gasteiger partial charge < -0.3 is 4.74 Å². The van der Waals surface area contributed by atoms with Gasteiger partial charge in [0.05, 0.1) is 0 Å². The molecule has 0 bridgehead atoms. The highest BCUT2D eigenvalue weighted by molar-refractivity contribution is 7.03. The number of aromatic nitrogens is 1. The summed E-state index contributed by atoms with van der Waals surface area (Å²) in [6.45, 7) is 4.89. The molecule has 0 saturated heterocycles. The Morgan fingerprint density at radius 3 is 2.02 bits per heavy atom. The maximum atomic E-state index is 6.95. The lowest BCUT2D eigenvalue weighted by Gasteiger charge is -2.20. The third-order valence-electron chi connectivity index (χ3n) is 9.59. The van der Waals surface area contributed by atoms with Gasteiger partial charge in [-0.2, -0.15) is 0 Å². The quantitative estimate of drug-likeness (QED) is 0.118. The number of pyridine rings is 1. The highest BCUT2D eigenvalue weighted by atomic mass is 28.3. The minimum absolute atomic E-state index is 0.859. The number of benzene rings is 7. The summed E-state index contributed by atoms with van der Waals surface area (Å²) in [6.07, 6.45) is 3.88. The van der Waals surface area contributed by atoms with Crippen molar-refractivity contribution in [3.63, 3.8) is 0 Å². The van der Waals surface area contributed by atoms with E-state index in [4.69, 9.17) is 4.74 Å². The molecular weight excluding hydrogens is 551 g/mol. The van der Waals surface area contributed by atoms with E-state index < -0.39 is 8.07 Å². The fourth-order valence-corrected chi connectivity index (χ4v) is 10.6. The average molecular weight is 580 g/mol. The summed E-state index contributed by atoms with van der Waals surface area (Å²) < 4.78 is 6.95. The minimum Gasteiger partial charge on any atom is -0.456 e. The second-order valence-electron chi connectivity index (χ2n) is 12.3. The summed E-state index contributed by atoms with van der Waals surface area (Å²) in [5.41, 5.74) is 5.06. The summed E-state index contributed by atoms with van der Waals surface area (Å²) in [5, 5.41) is 12.4. The summed E-state index contributed by atoms with van der Waals surface area (Å²) >= 11 is 0. The van der Waals surface area contributed by atoms with Gasteiger partial charge in [-0.25, -0.2) is 0 Å². The van der Waals surface area contributed by atoms with E-state index in [1.165, 1.54) is 54.2 Å². The molecule has 8 aromatic rings. The van der Waals surface area contributed by atoms with Crippen molar-refractivity contribution >= 4 is 61.5 Å². The van der Waals surface area contributed by atoms with Gasteiger partial charge in [-0.3, -0.25) is 4.98 Å². The number of fused-ring (bicyclic) bond motifs is 8. The average Bonchev–Trinajstić information content (AvgIpc) is 3.30. The monoisotopic (exact) mass is 579 g/mol. The molecule has 0 fully saturated rings. The van der Waals surface area contributed by atoms with Crippen molar-refractivity contribution in [2.45, 2.75) is 13.1 Å². The standard InChI is InChI=1S/C41H29NOSi/c1-44(2)38-18-10-9-15-31(38)35-24-27(19-20-39(35)44)43-41-33-17-8-7-16-32(33)40(37-25-42-22-21-34(37)41)36-23-26-11-3-4-12-28(26)29-13-5-6-14-30(29)36/h3-25H,1-2H3. The van der Waals surface area contributed by atoms with Gasteiger partial charge in [-0.15, -0.1) is 0 Å². The Morgan fingerprint density at radius 1 is 0.500 bits per heavy atom. The lowest BCUT2D eigenvalue weighted by atomic mass is 9.87. The molecule has 1 aliphatic heterocycles. The van der Waals surface area contributed by atoms with E-state index >= 15 is 0 Å². The van der Waals surface area contributed by atoms with Crippen LogP contribution in [0.15, 0.2) is 140 Å². The zero-order valence-corrected chi connectivity index (χ0v) is 25.6. The predicted molar refractivity (Wildman–Crippen MR) is 188 cm³/mol. The number of hydrogen-bond donors (Lipinski definition) is 0. The maximum absolute atomic E-state index is 6.95. The zero-order chi connectivity index (χ0) is 29.4. The van der Waals surface area contributed by atoms with E-state index in [1.54, 1.807) is 0 Å². The molecule has 0 atom stereocenters. The van der Waals surface area contributed by atoms with Gasteiger partial charge in [0.2, 0.25) is 0 Å². The maximum Gasteiger partial charge on any atom is 0.143 e. The SMILES string of the molecule is C[Si]1(C)c2ccccc2-c2cc(Oc3c4ccccc4c(-c4cc5ccccc5c5ccccc45)c4cnccc34)ccc21. The Labute approximate surface area is 257 Å². The molecule has 0 radical (unpaired) electrons. The summed E-state index contributed by atoms with van der Waals surface area (Å²) in [5.74, 6) is 1.73. The van der Waals surface area contributed by atoms with Gasteiger partial charge in [0.25, 0.3) is 0 Å². The highest BCUT2D eigenvalue weighted by Gasteiger charge is 2.37. The third kappa shape index (κ3) is 3.57. The Balaban J connectivity index is 1.30. The number of nitrogens with zero attached hydrogens (tertiary/aromatic N) is 1. The molecule has 1 aliphatic rings. The summed E-state index contributed by atoms with van der Waals surface area (Å²) in [4.78, 5) is 4.63. The molecule has 3 heteroatoms. The van der Waals surface area contributed by atoms with Crippen LogP contribution >= 0.6 is 0 Å². The van der Waals surface area contributed by atoms with Crippen LogP contribution in [0.5, 0.6) is 11.5 Å². The van der Waals surface area contributed by atoms with Crippen LogP contribution in [0, 0.1) is 0 Å². The zero-order valence-electron chi connectivity index (χ0n) is 24.6. The van der Waals surface area contributed by atoms with Crippen LogP contribution in [0.4, 0.5) is 0 Å². The first-order valence-corrected chi connectivity index (χ1v) is 18.2. The molecular formula is C41H29NOSi. The molecule has 2 heterocycles. The molecule has 208 valence electrons. The van der Waals surface area contributed by atoms with Gasteiger partial charge in [-0.05, 0) is 83.8 Å².